The van der Waals surface area contributed by atoms with Crippen molar-refractivity contribution in [1.82, 2.24) is 4.98 Å². The molecule has 4 aliphatic carbocycles. The summed E-state index contributed by atoms with van der Waals surface area (Å²) in [5, 5.41) is 14.7. The minimum absolute atomic E-state index is 0.127. The van der Waals surface area contributed by atoms with Crippen LogP contribution in [0.2, 0.25) is 0 Å². The number of allylic oxidation sites excluding steroid dienone is 2. The van der Waals surface area contributed by atoms with Gasteiger partial charge in [-0.25, -0.2) is 0 Å². The molecule has 0 spiro atoms. The topological polar surface area (TPSA) is 33.1 Å². The molecule has 1 aromatic carbocycles. The Morgan fingerprint density at radius 2 is 1.97 bits per heavy atom. The van der Waals surface area contributed by atoms with Crippen LogP contribution in [0.1, 0.15) is 76.2 Å². The zero-order valence-corrected chi connectivity index (χ0v) is 18.1. The fourth-order valence-corrected chi connectivity index (χ4v) is 7.61. The van der Waals surface area contributed by atoms with Crippen molar-refractivity contribution in [3.63, 3.8) is 0 Å². The Kier molecular flexibility index (Phi) is 4.25. The van der Waals surface area contributed by atoms with Crippen LogP contribution < -0.4 is 0 Å². The SMILES string of the molecule is CC12CC=C3C=C4CCCCC4CC[C@]3(O)C1CCC2c1ccc2ccncc2c1. The first kappa shape index (κ1) is 18.8. The molecular weight excluding hydrogens is 366 g/mol. The van der Waals surface area contributed by atoms with Gasteiger partial charge in [-0.05, 0) is 103 Å². The van der Waals surface area contributed by atoms with E-state index in [9.17, 15) is 5.11 Å². The molecule has 0 saturated heterocycles. The Bertz CT molecular complexity index is 1050. The second-order valence-corrected chi connectivity index (χ2v) is 10.7. The quantitative estimate of drug-likeness (QED) is 0.578. The minimum Gasteiger partial charge on any atom is -0.385 e. The molecule has 4 aliphatic rings. The maximum absolute atomic E-state index is 12.2. The standard InChI is InChI=1S/C28H33NO/c1-27-13-11-24-17-21-5-3-2-4-19(21)10-14-28(24,30)26(27)9-8-25(27)22-7-6-20-12-15-29-18-23(20)16-22/h6-7,11-12,15-19,25-26,30H,2-5,8-10,13-14H2,1H3/t19?,25?,26?,27?,28-/m1/s1. The fourth-order valence-electron chi connectivity index (χ4n) is 7.61. The van der Waals surface area contributed by atoms with Crippen molar-refractivity contribution in [3.8, 4) is 0 Å². The zero-order chi connectivity index (χ0) is 20.3. The lowest BCUT2D eigenvalue weighted by Crippen LogP contribution is -2.49. The Balaban J connectivity index is 1.38. The van der Waals surface area contributed by atoms with Gasteiger partial charge in [0.25, 0.3) is 0 Å². The smallest absolute Gasteiger partial charge is 0.0927 e. The predicted molar refractivity (Wildman–Crippen MR) is 122 cm³/mol. The number of hydrogen-bond donors (Lipinski definition) is 1. The summed E-state index contributed by atoms with van der Waals surface area (Å²) in [6.07, 6.45) is 19.5. The third-order valence-corrected chi connectivity index (χ3v) is 9.25. The van der Waals surface area contributed by atoms with Gasteiger partial charge in [0, 0.05) is 17.8 Å². The van der Waals surface area contributed by atoms with Gasteiger partial charge in [-0.3, -0.25) is 4.98 Å². The molecule has 4 unspecified atom stereocenters. The van der Waals surface area contributed by atoms with E-state index in [-0.39, 0.29) is 5.41 Å². The summed E-state index contributed by atoms with van der Waals surface area (Å²) in [5.41, 5.74) is 3.81. The van der Waals surface area contributed by atoms with E-state index in [2.05, 4.69) is 48.3 Å². The van der Waals surface area contributed by atoms with Crippen molar-refractivity contribution in [2.75, 3.05) is 0 Å². The molecule has 6 rings (SSSR count). The van der Waals surface area contributed by atoms with E-state index < -0.39 is 5.60 Å². The van der Waals surface area contributed by atoms with Gasteiger partial charge in [-0.1, -0.05) is 43.2 Å². The monoisotopic (exact) mass is 399 g/mol. The van der Waals surface area contributed by atoms with Gasteiger partial charge in [0.15, 0.2) is 0 Å². The summed E-state index contributed by atoms with van der Waals surface area (Å²) in [6.45, 7) is 2.46. The highest BCUT2D eigenvalue weighted by Crippen LogP contribution is 2.63. The number of aliphatic hydroxyl groups is 1. The van der Waals surface area contributed by atoms with Crippen LogP contribution >= 0.6 is 0 Å². The molecule has 1 aromatic heterocycles. The second-order valence-electron chi connectivity index (χ2n) is 10.7. The van der Waals surface area contributed by atoms with Crippen LogP contribution in [0.4, 0.5) is 0 Å². The van der Waals surface area contributed by atoms with Gasteiger partial charge < -0.3 is 5.11 Å². The van der Waals surface area contributed by atoms with E-state index in [1.54, 1.807) is 5.57 Å². The molecule has 0 bridgehead atoms. The van der Waals surface area contributed by atoms with Gasteiger partial charge in [0.05, 0.1) is 5.60 Å². The molecule has 2 fully saturated rings. The first-order valence-corrected chi connectivity index (χ1v) is 12.1. The molecular formula is C28H33NO. The summed E-state index contributed by atoms with van der Waals surface area (Å²) >= 11 is 0. The normalized spacial score (nSPS) is 38.1. The highest BCUT2D eigenvalue weighted by atomic mass is 16.3. The second kappa shape index (κ2) is 6.79. The number of nitrogens with zero attached hydrogens (tertiary/aromatic N) is 1. The molecule has 0 amide bonds. The Morgan fingerprint density at radius 3 is 2.90 bits per heavy atom. The molecule has 0 radical (unpaired) electrons. The summed E-state index contributed by atoms with van der Waals surface area (Å²) in [6, 6.07) is 9.03. The van der Waals surface area contributed by atoms with E-state index in [0.29, 0.717) is 17.8 Å². The summed E-state index contributed by atoms with van der Waals surface area (Å²) in [7, 11) is 0. The first-order chi connectivity index (χ1) is 14.6. The van der Waals surface area contributed by atoms with Gasteiger partial charge in [-0.15, -0.1) is 0 Å². The molecule has 30 heavy (non-hydrogen) atoms. The summed E-state index contributed by atoms with van der Waals surface area (Å²) < 4.78 is 0. The highest BCUT2D eigenvalue weighted by molar-refractivity contribution is 5.82. The van der Waals surface area contributed by atoms with Crippen LogP contribution in [0.15, 0.2) is 60.0 Å². The summed E-state index contributed by atoms with van der Waals surface area (Å²) in [4.78, 5) is 4.33. The highest BCUT2D eigenvalue weighted by Gasteiger charge is 2.58. The number of fused-ring (bicyclic) bond motifs is 5. The van der Waals surface area contributed by atoms with Crippen molar-refractivity contribution in [3.05, 3.63) is 65.5 Å². The minimum atomic E-state index is -0.634. The molecule has 5 atom stereocenters. The number of aromatic nitrogens is 1. The lowest BCUT2D eigenvalue weighted by atomic mass is 9.58. The van der Waals surface area contributed by atoms with Crippen LogP contribution in [-0.4, -0.2) is 15.7 Å². The maximum atomic E-state index is 12.2. The van der Waals surface area contributed by atoms with E-state index in [0.717, 1.165) is 19.3 Å². The van der Waals surface area contributed by atoms with Gasteiger partial charge >= 0.3 is 0 Å². The Morgan fingerprint density at radius 1 is 1.03 bits per heavy atom. The molecule has 156 valence electrons. The average Bonchev–Trinajstić information content (AvgIpc) is 3.05. The van der Waals surface area contributed by atoms with Crippen molar-refractivity contribution in [1.29, 1.82) is 0 Å². The lowest BCUT2D eigenvalue weighted by Gasteiger charge is -2.49. The van der Waals surface area contributed by atoms with Crippen molar-refractivity contribution >= 4 is 10.8 Å². The number of benzene rings is 1. The van der Waals surface area contributed by atoms with Gasteiger partial charge in [0.2, 0.25) is 0 Å². The first-order valence-electron chi connectivity index (χ1n) is 12.1. The molecule has 2 heteroatoms. The molecule has 1 heterocycles. The molecule has 2 saturated carbocycles. The van der Waals surface area contributed by atoms with Crippen molar-refractivity contribution in [2.45, 2.75) is 76.2 Å². The molecule has 1 N–H and O–H groups in total. The molecule has 2 aromatic rings. The van der Waals surface area contributed by atoms with Crippen LogP contribution in [0, 0.1) is 17.3 Å². The van der Waals surface area contributed by atoms with Crippen LogP contribution in [-0.2, 0) is 0 Å². The number of rotatable bonds is 1. The van der Waals surface area contributed by atoms with E-state index >= 15 is 0 Å². The molecule has 0 aliphatic heterocycles. The third kappa shape index (κ3) is 2.69. The van der Waals surface area contributed by atoms with Gasteiger partial charge in [-0.2, -0.15) is 0 Å². The van der Waals surface area contributed by atoms with Crippen LogP contribution in [0.25, 0.3) is 10.8 Å². The summed E-state index contributed by atoms with van der Waals surface area (Å²) in [5.74, 6) is 1.58. The van der Waals surface area contributed by atoms with E-state index in [1.807, 2.05) is 12.4 Å². The largest absolute Gasteiger partial charge is 0.385 e. The fraction of sp³-hybridized carbons (Fsp3) is 0.536. The van der Waals surface area contributed by atoms with Gasteiger partial charge in [0.1, 0.15) is 0 Å². The average molecular weight is 400 g/mol. The van der Waals surface area contributed by atoms with Crippen molar-refractivity contribution in [2.24, 2.45) is 17.3 Å². The Labute approximate surface area is 180 Å². The third-order valence-electron chi connectivity index (χ3n) is 9.25. The van der Waals surface area contributed by atoms with Crippen molar-refractivity contribution < 1.29 is 5.11 Å². The molecule has 2 nitrogen and oxygen atoms in total. The van der Waals surface area contributed by atoms with Crippen LogP contribution in [0.3, 0.4) is 0 Å². The number of hydrogen-bond acceptors (Lipinski definition) is 2. The van der Waals surface area contributed by atoms with E-state index in [1.165, 1.54) is 60.4 Å². The zero-order valence-electron chi connectivity index (χ0n) is 18.1. The Hall–Kier alpha value is -1.93. The predicted octanol–water partition coefficient (Wildman–Crippen LogP) is 6.71. The van der Waals surface area contributed by atoms with E-state index in [4.69, 9.17) is 0 Å². The lowest BCUT2D eigenvalue weighted by molar-refractivity contribution is -0.0472. The number of pyridine rings is 1. The van der Waals surface area contributed by atoms with Crippen LogP contribution in [0.5, 0.6) is 0 Å². The maximum Gasteiger partial charge on any atom is 0.0927 e.